The molecule has 2 aromatic carbocycles. The van der Waals surface area contributed by atoms with Crippen LogP contribution in [0.3, 0.4) is 0 Å². The summed E-state index contributed by atoms with van der Waals surface area (Å²) in [7, 11) is 3.21. The first-order chi connectivity index (χ1) is 10.2. The van der Waals surface area contributed by atoms with Crippen LogP contribution in [-0.4, -0.2) is 20.1 Å². The van der Waals surface area contributed by atoms with Crippen molar-refractivity contribution in [3.05, 3.63) is 48.0 Å². The Morgan fingerprint density at radius 3 is 2.67 bits per heavy atom. The molecule has 3 rings (SSSR count). The van der Waals surface area contributed by atoms with Crippen molar-refractivity contribution in [3.63, 3.8) is 0 Å². The fraction of sp³-hybridized carbons (Fsp3) is 0.188. The summed E-state index contributed by atoms with van der Waals surface area (Å²) in [6.45, 7) is 0. The number of nitrogens with one attached hydrogen (secondary N) is 1. The fourth-order valence-electron chi connectivity index (χ4n) is 2.30. The largest absolute Gasteiger partial charge is 0.497 e. The highest BCUT2D eigenvalue weighted by Gasteiger charge is 2.30. The molecule has 2 aromatic rings. The van der Waals surface area contributed by atoms with Gasteiger partial charge < -0.3 is 14.8 Å². The Morgan fingerprint density at radius 2 is 1.90 bits per heavy atom. The Balaban J connectivity index is 2.03. The highest BCUT2D eigenvalue weighted by Crippen LogP contribution is 2.46. The molecule has 1 N–H and O–H groups in total. The van der Waals surface area contributed by atoms with Gasteiger partial charge in [0.2, 0.25) is 5.91 Å². The van der Waals surface area contributed by atoms with Gasteiger partial charge in [-0.15, -0.1) is 11.8 Å². The Hall–Kier alpha value is -2.14. The van der Waals surface area contributed by atoms with Gasteiger partial charge in [-0.1, -0.05) is 12.1 Å². The maximum absolute atomic E-state index is 12.4. The minimum Gasteiger partial charge on any atom is -0.497 e. The SMILES string of the molecule is COc1ccc(OC)c(C2Sc3ccccc3NC2=O)c1. The molecule has 1 aliphatic rings. The van der Waals surface area contributed by atoms with Crippen molar-refractivity contribution in [1.82, 2.24) is 0 Å². The molecule has 0 aliphatic carbocycles. The van der Waals surface area contributed by atoms with E-state index in [0.717, 1.165) is 16.1 Å². The van der Waals surface area contributed by atoms with Gasteiger partial charge in [-0.3, -0.25) is 4.79 Å². The number of benzene rings is 2. The van der Waals surface area contributed by atoms with Crippen molar-refractivity contribution in [2.75, 3.05) is 19.5 Å². The molecule has 0 spiro atoms. The lowest BCUT2D eigenvalue weighted by molar-refractivity contribution is -0.115. The van der Waals surface area contributed by atoms with E-state index in [1.54, 1.807) is 14.2 Å². The molecule has 0 radical (unpaired) electrons. The first kappa shape index (κ1) is 13.8. The van der Waals surface area contributed by atoms with Crippen LogP contribution in [0.5, 0.6) is 11.5 Å². The predicted octanol–water partition coefficient (Wildman–Crippen LogP) is 3.49. The Kier molecular flexibility index (Phi) is 3.75. The summed E-state index contributed by atoms with van der Waals surface area (Å²) in [6.07, 6.45) is 0. The number of thioether (sulfide) groups is 1. The van der Waals surface area contributed by atoms with Crippen LogP contribution in [0, 0.1) is 0 Å². The van der Waals surface area contributed by atoms with Gasteiger partial charge in [0.25, 0.3) is 0 Å². The number of rotatable bonds is 3. The number of ether oxygens (including phenoxy) is 2. The number of methoxy groups -OCH3 is 2. The molecule has 5 heteroatoms. The summed E-state index contributed by atoms with van der Waals surface area (Å²) in [6, 6.07) is 13.3. The molecule has 108 valence electrons. The third-order valence-corrected chi connectivity index (χ3v) is 4.66. The third kappa shape index (κ3) is 2.56. The van der Waals surface area contributed by atoms with E-state index in [4.69, 9.17) is 9.47 Å². The maximum Gasteiger partial charge on any atom is 0.242 e. The summed E-state index contributed by atoms with van der Waals surface area (Å²) in [4.78, 5) is 13.4. The maximum atomic E-state index is 12.4. The second kappa shape index (κ2) is 5.69. The Labute approximate surface area is 127 Å². The van der Waals surface area contributed by atoms with Gasteiger partial charge in [0, 0.05) is 10.5 Å². The van der Waals surface area contributed by atoms with Gasteiger partial charge in [0.05, 0.1) is 19.9 Å². The van der Waals surface area contributed by atoms with E-state index in [-0.39, 0.29) is 11.2 Å². The normalized spacial score (nSPS) is 16.9. The zero-order valence-electron chi connectivity index (χ0n) is 11.8. The van der Waals surface area contributed by atoms with Gasteiger partial charge in [0.1, 0.15) is 16.7 Å². The average molecular weight is 301 g/mol. The van der Waals surface area contributed by atoms with Crippen molar-refractivity contribution in [2.24, 2.45) is 0 Å². The van der Waals surface area contributed by atoms with Gasteiger partial charge in [-0.05, 0) is 30.3 Å². The van der Waals surface area contributed by atoms with Crippen LogP contribution in [-0.2, 0) is 4.79 Å². The summed E-state index contributed by atoms with van der Waals surface area (Å²) in [5.74, 6) is 1.34. The first-order valence-electron chi connectivity index (χ1n) is 6.51. The van der Waals surface area contributed by atoms with Crippen LogP contribution < -0.4 is 14.8 Å². The topological polar surface area (TPSA) is 47.6 Å². The molecule has 0 bridgehead atoms. The summed E-state index contributed by atoms with van der Waals surface area (Å²) < 4.78 is 10.6. The summed E-state index contributed by atoms with van der Waals surface area (Å²) in [5, 5.41) is 2.58. The average Bonchev–Trinajstić information content (AvgIpc) is 2.53. The lowest BCUT2D eigenvalue weighted by Gasteiger charge is -2.25. The minimum absolute atomic E-state index is 0.0507. The molecule has 0 aromatic heterocycles. The van der Waals surface area contributed by atoms with Crippen LogP contribution in [0.2, 0.25) is 0 Å². The van der Waals surface area contributed by atoms with Crippen molar-refractivity contribution in [1.29, 1.82) is 0 Å². The van der Waals surface area contributed by atoms with Crippen LogP contribution >= 0.6 is 11.8 Å². The monoisotopic (exact) mass is 301 g/mol. The van der Waals surface area contributed by atoms with Crippen LogP contribution in [0.4, 0.5) is 5.69 Å². The zero-order valence-corrected chi connectivity index (χ0v) is 12.6. The number of amides is 1. The molecule has 1 heterocycles. The smallest absolute Gasteiger partial charge is 0.242 e. The van der Waals surface area contributed by atoms with E-state index < -0.39 is 0 Å². The van der Waals surface area contributed by atoms with E-state index in [0.29, 0.717) is 11.5 Å². The molecular weight excluding hydrogens is 286 g/mol. The van der Waals surface area contributed by atoms with Crippen molar-refractivity contribution in [2.45, 2.75) is 10.1 Å². The third-order valence-electron chi connectivity index (χ3n) is 3.35. The number of hydrogen-bond acceptors (Lipinski definition) is 4. The quantitative estimate of drug-likeness (QED) is 0.942. The molecule has 4 nitrogen and oxygen atoms in total. The Morgan fingerprint density at radius 1 is 1.10 bits per heavy atom. The van der Waals surface area contributed by atoms with E-state index in [1.165, 1.54) is 11.8 Å². The summed E-state index contributed by atoms with van der Waals surface area (Å²) in [5.41, 5.74) is 1.67. The van der Waals surface area contributed by atoms with Crippen molar-refractivity contribution in [3.8, 4) is 11.5 Å². The lowest BCUT2D eigenvalue weighted by Crippen LogP contribution is -2.23. The standard InChI is InChI=1S/C16H15NO3S/c1-19-10-7-8-13(20-2)11(9-10)15-16(18)17-12-5-3-4-6-14(12)21-15/h3-9,15H,1-2H3,(H,17,18). The van der Waals surface area contributed by atoms with E-state index in [1.807, 2.05) is 42.5 Å². The molecule has 1 amide bonds. The molecule has 1 unspecified atom stereocenters. The number of anilines is 1. The van der Waals surface area contributed by atoms with Crippen LogP contribution in [0.1, 0.15) is 10.8 Å². The van der Waals surface area contributed by atoms with Gasteiger partial charge >= 0.3 is 0 Å². The van der Waals surface area contributed by atoms with Crippen LogP contribution in [0.15, 0.2) is 47.4 Å². The molecule has 0 fully saturated rings. The second-order valence-corrected chi connectivity index (χ2v) is 5.74. The molecule has 1 atom stereocenters. The zero-order chi connectivity index (χ0) is 14.8. The van der Waals surface area contributed by atoms with E-state index in [9.17, 15) is 4.79 Å². The highest BCUT2D eigenvalue weighted by atomic mass is 32.2. The number of para-hydroxylation sites is 1. The van der Waals surface area contributed by atoms with Gasteiger partial charge in [-0.25, -0.2) is 0 Å². The fourth-order valence-corrected chi connectivity index (χ4v) is 3.43. The van der Waals surface area contributed by atoms with Gasteiger partial charge in [0.15, 0.2) is 0 Å². The predicted molar refractivity (Wildman–Crippen MR) is 83.2 cm³/mol. The second-order valence-electron chi connectivity index (χ2n) is 4.59. The van der Waals surface area contributed by atoms with E-state index >= 15 is 0 Å². The number of hydrogen-bond donors (Lipinski definition) is 1. The number of carbonyl (C=O) groups is 1. The molecular formula is C16H15NO3S. The molecule has 0 saturated carbocycles. The van der Waals surface area contributed by atoms with E-state index in [2.05, 4.69) is 5.32 Å². The first-order valence-corrected chi connectivity index (χ1v) is 7.39. The highest BCUT2D eigenvalue weighted by molar-refractivity contribution is 8.00. The van der Waals surface area contributed by atoms with Gasteiger partial charge in [-0.2, -0.15) is 0 Å². The number of fused-ring (bicyclic) bond motifs is 1. The number of carbonyl (C=O) groups excluding carboxylic acids is 1. The molecule has 1 aliphatic heterocycles. The van der Waals surface area contributed by atoms with Crippen molar-refractivity contribution >= 4 is 23.4 Å². The summed E-state index contributed by atoms with van der Waals surface area (Å²) >= 11 is 1.52. The van der Waals surface area contributed by atoms with Crippen LogP contribution in [0.25, 0.3) is 0 Å². The Bertz CT molecular complexity index is 687. The molecule has 0 saturated heterocycles. The van der Waals surface area contributed by atoms with Crippen molar-refractivity contribution < 1.29 is 14.3 Å². The lowest BCUT2D eigenvalue weighted by atomic mass is 10.1. The minimum atomic E-state index is -0.357. The molecule has 21 heavy (non-hydrogen) atoms.